The molecule has 1 atom stereocenters. The van der Waals surface area contributed by atoms with Crippen LogP contribution in [-0.4, -0.2) is 12.3 Å². The van der Waals surface area contributed by atoms with Crippen molar-refractivity contribution in [2.75, 3.05) is 6.26 Å². The van der Waals surface area contributed by atoms with Crippen LogP contribution in [0.3, 0.4) is 0 Å². The van der Waals surface area contributed by atoms with Gasteiger partial charge in [0.15, 0.2) is 0 Å². The highest BCUT2D eigenvalue weighted by Crippen LogP contribution is 2.38. The minimum atomic E-state index is -0.126. The molecule has 0 radical (unpaired) electrons. The Balaban J connectivity index is 1.80. The fourth-order valence-electron chi connectivity index (χ4n) is 3.43. The molecule has 2 aromatic rings. The van der Waals surface area contributed by atoms with Gasteiger partial charge in [0, 0.05) is 10.5 Å². The number of amides is 2. The maximum atomic E-state index is 12.2. The second-order valence-electron chi connectivity index (χ2n) is 5.86. The number of hydrogen-bond acceptors (Lipinski definition) is 2. The Morgan fingerprint density at radius 2 is 1.83 bits per heavy atom. The van der Waals surface area contributed by atoms with Crippen molar-refractivity contribution in [3.63, 3.8) is 0 Å². The maximum Gasteiger partial charge on any atom is 0.319 e. The predicted octanol–water partition coefficient (Wildman–Crippen LogP) is 4.12. The third-order valence-corrected chi connectivity index (χ3v) is 5.33. The van der Waals surface area contributed by atoms with Crippen LogP contribution in [0.4, 0.5) is 4.79 Å². The normalized spacial score (nSPS) is 19.5. The van der Waals surface area contributed by atoms with Gasteiger partial charge in [-0.1, -0.05) is 36.4 Å². The van der Waals surface area contributed by atoms with E-state index in [0.717, 1.165) is 29.7 Å². The van der Waals surface area contributed by atoms with E-state index in [9.17, 15) is 4.79 Å². The molecule has 4 heteroatoms. The molecule has 1 unspecified atom stereocenters. The summed E-state index contributed by atoms with van der Waals surface area (Å²) in [5.74, 6) is 0. The van der Waals surface area contributed by atoms with Gasteiger partial charge in [-0.15, -0.1) is 11.8 Å². The smallest absolute Gasteiger partial charge is 0.319 e. The fourth-order valence-corrected chi connectivity index (χ4v) is 3.84. The number of carbonyl (C=O) groups is 1. The number of benzene rings is 2. The van der Waals surface area contributed by atoms with Gasteiger partial charge in [-0.25, -0.2) is 4.79 Å². The molecule has 0 saturated carbocycles. The molecule has 23 heavy (non-hydrogen) atoms. The standard InChI is InChI=1S/C19H18N2OS/c1-23-14-9-6-13(7-10-14)17-16-11-8-12-4-2-3-5-15(12)18(16)21-19(22)20-17/h2-7,9-10,17H,8,11H2,1H3,(H2,20,21,22). The fraction of sp³-hybridized carbons (Fsp3) is 0.211. The minimum absolute atomic E-state index is 0.0389. The molecule has 2 aliphatic rings. The summed E-state index contributed by atoms with van der Waals surface area (Å²) in [6.45, 7) is 0. The van der Waals surface area contributed by atoms with Gasteiger partial charge in [-0.05, 0) is 47.9 Å². The largest absolute Gasteiger partial charge is 0.327 e. The summed E-state index contributed by atoms with van der Waals surface area (Å²) in [4.78, 5) is 13.4. The molecular formula is C19H18N2OS. The summed E-state index contributed by atoms with van der Waals surface area (Å²) in [6, 6.07) is 16.6. The molecule has 0 fully saturated rings. The summed E-state index contributed by atoms with van der Waals surface area (Å²) in [5, 5.41) is 6.11. The number of urea groups is 1. The first kappa shape index (κ1) is 14.4. The Kier molecular flexibility index (Phi) is 3.62. The van der Waals surface area contributed by atoms with Crippen molar-refractivity contribution in [3.05, 3.63) is 70.8 Å². The molecule has 4 rings (SSSR count). The molecule has 0 bridgehead atoms. The zero-order chi connectivity index (χ0) is 15.8. The Morgan fingerprint density at radius 3 is 2.61 bits per heavy atom. The van der Waals surface area contributed by atoms with Crippen LogP contribution in [-0.2, 0) is 6.42 Å². The first-order valence-corrected chi connectivity index (χ1v) is 9.01. The molecular weight excluding hydrogens is 304 g/mol. The van der Waals surface area contributed by atoms with Crippen LogP contribution in [0.2, 0.25) is 0 Å². The first-order chi connectivity index (χ1) is 11.3. The minimum Gasteiger partial charge on any atom is -0.327 e. The third kappa shape index (κ3) is 2.53. The van der Waals surface area contributed by atoms with Gasteiger partial charge in [0.25, 0.3) is 0 Å². The van der Waals surface area contributed by atoms with Crippen molar-refractivity contribution in [2.45, 2.75) is 23.8 Å². The quantitative estimate of drug-likeness (QED) is 0.817. The first-order valence-electron chi connectivity index (χ1n) is 7.79. The highest BCUT2D eigenvalue weighted by atomic mass is 32.2. The van der Waals surface area contributed by atoms with Crippen molar-refractivity contribution in [1.82, 2.24) is 10.6 Å². The van der Waals surface area contributed by atoms with Gasteiger partial charge >= 0.3 is 6.03 Å². The molecule has 1 aliphatic carbocycles. The lowest BCUT2D eigenvalue weighted by Crippen LogP contribution is -2.44. The summed E-state index contributed by atoms with van der Waals surface area (Å²) in [5.41, 5.74) is 5.89. The number of nitrogens with one attached hydrogen (secondary N) is 2. The number of carbonyl (C=O) groups excluding carboxylic acids is 1. The second-order valence-corrected chi connectivity index (χ2v) is 6.74. The van der Waals surface area contributed by atoms with Crippen LogP contribution in [0, 0.1) is 0 Å². The van der Waals surface area contributed by atoms with Crippen molar-refractivity contribution in [2.24, 2.45) is 0 Å². The Morgan fingerprint density at radius 1 is 1.04 bits per heavy atom. The van der Waals surface area contributed by atoms with E-state index >= 15 is 0 Å². The van der Waals surface area contributed by atoms with Gasteiger partial charge in [-0.2, -0.15) is 0 Å². The SMILES string of the molecule is CSc1ccc(C2NC(=O)NC3=C2CCc2ccccc23)cc1. The van der Waals surface area contributed by atoms with E-state index in [4.69, 9.17) is 0 Å². The monoisotopic (exact) mass is 322 g/mol. The lowest BCUT2D eigenvalue weighted by molar-refractivity contribution is 0.240. The van der Waals surface area contributed by atoms with Crippen LogP contribution in [0.15, 0.2) is 59.0 Å². The Labute approximate surface area is 140 Å². The van der Waals surface area contributed by atoms with Crippen molar-refractivity contribution < 1.29 is 4.79 Å². The van der Waals surface area contributed by atoms with E-state index in [2.05, 4.69) is 59.4 Å². The zero-order valence-corrected chi connectivity index (χ0v) is 13.7. The van der Waals surface area contributed by atoms with E-state index in [1.165, 1.54) is 16.0 Å². The number of rotatable bonds is 2. The number of aryl methyl sites for hydroxylation is 1. The van der Waals surface area contributed by atoms with Crippen LogP contribution >= 0.6 is 11.8 Å². The van der Waals surface area contributed by atoms with Gasteiger partial charge < -0.3 is 10.6 Å². The summed E-state index contributed by atoms with van der Waals surface area (Å²) >= 11 is 1.73. The lowest BCUT2D eigenvalue weighted by atomic mass is 9.83. The summed E-state index contributed by atoms with van der Waals surface area (Å²) < 4.78 is 0. The highest BCUT2D eigenvalue weighted by molar-refractivity contribution is 7.98. The van der Waals surface area contributed by atoms with E-state index < -0.39 is 0 Å². The van der Waals surface area contributed by atoms with Gasteiger partial charge in [0.05, 0.1) is 11.7 Å². The average molecular weight is 322 g/mol. The lowest BCUT2D eigenvalue weighted by Gasteiger charge is -2.34. The average Bonchev–Trinajstić information content (AvgIpc) is 2.61. The molecule has 2 N–H and O–H groups in total. The van der Waals surface area contributed by atoms with Crippen molar-refractivity contribution in [3.8, 4) is 0 Å². The van der Waals surface area contributed by atoms with E-state index in [0.29, 0.717) is 0 Å². The van der Waals surface area contributed by atoms with E-state index in [1.807, 2.05) is 6.07 Å². The second kappa shape index (κ2) is 5.78. The molecule has 0 aromatic heterocycles. The van der Waals surface area contributed by atoms with Crippen LogP contribution in [0.1, 0.15) is 29.2 Å². The van der Waals surface area contributed by atoms with E-state index in [-0.39, 0.29) is 12.1 Å². The Bertz CT molecular complexity index is 795. The molecule has 2 amide bonds. The molecule has 3 nitrogen and oxygen atoms in total. The van der Waals surface area contributed by atoms with Gasteiger partial charge in [-0.3, -0.25) is 0 Å². The number of thioether (sulfide) groups is 1. The molecule has 116 valence electrons. The topological polar surface area (TPSA) is 41.1 Å². The highest BCUT2D eigenvalue weighted by Gasteiger charge is 2.31. The van der Waals surface area contributed by atoms with Gasteiger partial charge in [0.2, 0.25) is 0 Å². The predicted molar refractivity (Wildman–Crippen MR) is 94.3 cm³/mol. The molecule has 2 aromatic carbocycles. The summed E-state index contributed by atoms with van der Waals surface area (Å²) in [6.07, 6.45) is 4.06. The Hall–Kier alpha value is -2.20. The van der Waals surface area contributed by atoms with E-state index in [1.54, 1.807) is 11.8 Å². The number of hydrogen-bond donors (Lipinski definition) is 2. The third-order valence-electron chi connectivity index (χ3n) is 4.58. The molecule has 0 spiro atoms. The molecule has 1 aliphatic heterocycles. The van der Waals surface area contributed by atoms with Crippen LogP contribution < -0.4 is 10.6 Å². The van der Waals surface area contributed by atoms with Crippen molar-refractivity contribution >= 4 is 23.5 Å². The van der Waals surface area contributed by atoms with Crippen LogP contribution in [0.25, 0.3) is 5.70 Å². The van der Waals surface area contributed by atoms with Crippen LogP contribution in [0.5, 0.6) is 0 Å². The zero-order valence-electron chi connectivity index (χ0n) is 12.9. The van der Waals surface area contributed by atoms with Crippen molar-refractivity contribution in [1.29, 1.82) is 0 Å². The molecule has 0 saturated heterocycles. The molecule has 1 heterocycles. The summed E-state index contributed by atoms with van der Waals surface area (Å²) in [7, 11) is 0. The maximum absolute atomic E-state index is 12.2. The van der Waals surface area contributed by atoms with Gasteiger partial charge in [0.1, 0.15) is 0 Å². The number of fused-ring (bicyclic) bond motifs is 2.